The molecule has 1 heterocycles. The molecule has 9 heteroatoms. The van der Waals surface area contributed by atoms with Gasteiger partial charge in [-0.15, -0.1) is 0 Å². The summed E-state index contributed by atoms with van der Waals surface area (Å²) in [6.07, 6.45) is 3.58. The fraction of sp³-hybridized carbons (Fsp3) is 0.0196. The summed E-state index contributed by atoms with van der Waals surface area (Å²) in [5, 5.41) is 15.6. The summed E-state index contributed by atoms with van der Waals surface area (Å²) in [7, 11) is -5.57. The first-order valence-electron chi connectivity index (χ1n) is 18.9. The van der Waals surface area contributed by atoms with Crippen molar-refractivity contribution in [3.8, 4) is 5.75 Å². The molecule has 0 saturated carbocycles. The molecular formula is C51H42EuO6P2. The van der Waals surface area contributed by atoms with Crippen LogP contribution >= 0.6 is 14.3 Å². The van der Waals surface area contributed by atoms with Crippen LogP contribution in [0.3, 0.4) is 0 Å². The van der Waals surface area contributed by atoms with E-state index < -0.39 is 25.7 Å². The fourth-order valence-electron chi connectivity index (χ4n) is 6.58. The number of carbonyl (C=O) groups is 1. The molecule has 0 amide bonds. The van der Waals surface area contributed by atoms with Gasteiger partial charge in [-0.25, -0.2) is 4.79 Å². The van der Waals surface area contributed by atoms with Crippen molar-refractivity contribution in [3.05, 3.63) is 252 Å². The van der Waals surface area contributed by atoms with Crippen molar-refractivity contribution < 1.29 is 72.8 Å². The molecule has 0 aliphatic heterocycles. The minimum Gasteiger partial charge on any atom is -0.506 e. The topological polar surface area (TPSA) is 102 Å². The van der Waals surface area contributed by atoms with Gasteiger partial charge in [-0.05, 0) is 19.1 Å². The van der Waals surface area contributed by atoms with Crippen molar-refractivity contribution >= 4 is 57.6 Å². The molecule has 0 aliphatic carbocycles. The van der Waals surface area contributed by atoms with Gasteiger partial charge in [-0.3, -0.25) is 4.79 Å². The molecule has 0 spiro atoms. The second-order valence-electron chi connectivity index (χ2n) is 13.1. The molecule has 1 N–H and O–H groups in total. The third-order valence-corrected chi connectivity index (χ3v) is 15.8. The zero-order chi connectivity index (χ0) is 41.7. The third-order valence-electron chi connectivity index (χ3n) is 9.52. The van der Waals surface area contributed by atoms with E-state index in [9.17, 15) is 23.8 Å². The average molecular weight is 965 g/mol. The van der Waals surface area contributed by atoms with E-state index in [0.29, 0.717) is 10.9 Å². The maximum absolute atomic E-state index is 13.8. The van der Waals surface area contributed by atoms with Crippen LogP contribution in [-0.2, 0) is 9.13 Å². The Morgan fingerprint density at radius 1 is 0.550 bits per heavy atom. The van der Waals surface area contributed by atoms with Crippen LogP contribution in [0.15, 0.2) is 240 Å². The maximum atomic E-state index is 13.8. The van der Waals surface area contributed by atoms with Crippen LogP contribution in [0.25, 0.3) is 11.0 Å². The van der Waals surface area contributed by atoms with Crippen molar-refractivity contribution in [3.63, 3.8) is 0 Å². The molecule has 1 radical (unpaired) electrons. The van der Waals surface area contributed by atoms with E-state index in [1.54, 1.807) is 60.7 Å². The van der Waals surface area contributed by atoms with Crippen molar-refractivity contribution in [2.45, 2.75) is 6.92 Å². The number of rotatable bonds is 9. The summed E-state index contributed by atoms with van der Waals surface area (Å²) in [6, 6.07) is 63.2. The van der Waals surface area contributed by atoms with Gasteiger partial charge < -0.3 is 18.7 Å². The Labute approximate surface area is 391 Å². The second kappa shape index (κ2) is 21.8. The SMILES string of the molecule is C=C/C(=C\C)P(=O)(c1ccccc1)c1ccccc1.O=C(c1ccccc1)c1c(O)c2ccccc2oc1=O.O=P(c1ccccc1)(c1ccccc1)c1ccccc1.[Eu]. The Kier molecular flexibility index (Phi) is 16.7. The first-order valence-corrected chi connectivity index (χ1v) is 22.3. The average Bonchev–Trinajstić information content (AvgIpc) is 3.31. The molecule has 7 aromatic carbocycles. The molecule has 8 aromatic rings. The van der Waals surface area contributed by atoms with E-state index in [2.05, 4.69) is 6.58 Å². The van der Waals surface area contributed by atoms with Crippen molar-refractivity contribution in [2.75, 3.05) is 0 Å². The summed E-state index contributed by atoms with van der Waals surface area (Å²) in [4.78, 5) is 24.2. The Hall–Kier alpha value is -5.26. The van der Waals surface area contributed by atoms with Crippen molar-refractivity contribution in [1.29, 1.82) is 0 Å². The summed E-state index contributed by atoms with van der Waals surface area (Å²) >= 11 is 0. The Morgan fingerprint density at radius 3 is 1.28 bits per heavy atom. The van der Waals surface area contributed by atoms with Crippen LogP contribution in [0.4, 0.5) is 0 Å². The zero-order valence-electron chi connectivity index (χ0n) is 32.8. The van der Waals surface area contributed by atoms with Gasteiger partial charge in [0.1, 0.15) is 11.3 Å². The van der Waals surface area contributed by atoms with E-state index in [-0.39, 0.29) is 66.3 Å². The summed E-state index contributed by atoms with van der Waals surface area (Å²) in [6.45, 7) is 5.71. The molecule has 0 bridgehead atoms. The molecular weight excluding hydrogens is 922 g/mol. The van der Waals surface area contributed by atoms with Crippen LogP contribution in [-0.4, -0.2) is 10.9 Å². The van der Waals surface area contributed by atoms with E-state index >= 15 is 0 Å². The number of hydrogen-bond donors (Lipinski definition) is 1. The van der Waals surface area contributed by atoms with Gasteiger partial charge in [0.05, 0.1) is 5.39 Å². The number of para-hydroxylation sites is 1. The Bertz CT molecular complexity index is 2680. The quantitative estimate of drug-likeness (QED) is 0.0669. The van der Waals surface area contributed by atoms with Gasteiger partial charge in [-0.1, -0.05) is 213 Å². The molecule has 299 valence electrons. The van der Waals surface area contributed by atoms with Gasteiger partial charge in [0.2, 0.25) is 5.78 Å². The second-order valence-corrected chi connectivity index (χ2v) is 18.7. The third kappa shape index (κ3) is 10.2. The van der Waals surface area contributed by atoms with Gasteiger partial charge in [-0.2, -0.15) is 0 Å². The Balaban J connectivity index is 0.000000169. The Morgan fingerprint density at radius 2 is 0.900 bits per heavy atom. The molecule has 60 heavy (non-hydrogen) atoms. The van der Waals surface area contributed by atoms with Crippen molar-refractivity contribution in [1.82, 2.24) is 0 Å². The first-order chi connectivity index (χ1) is 28.7. The van der Waals surface area contributed by atoms with Crippen LogP contribution in [0, 0.1) is 49.4 Å². The molecule has 8 rings (SSSR count). The normalized spacial score (nSPS) is 11.1. The molecule has 0 fully saturated rings. The van der Waals surface area contributed by atoms with Gasteiger partial charge in [0.25, 0.3) is 0 Å². The molecule has 0 saturated heterocycles. The first kappa shape index (κ1) is 45.8. The molecule has 1 aromatic heterocycles. The van der Waals surface area contributed by atoms with Gasteiger partial charge in [0.15, 0.2) is 19.8 Å². The number of benzene rings is 7. The number of carbonyl (C=O) groups excluding carboxylic acids is 1. The standard InChI is InChI=1S/C18H15OP.C17H17OP.C16H10O4.Eu/c19-20(16-10-4-1-5-11-16,17-12-6-2-7-13-17)18-14-8-3-9-15-18;1-3-15(4-2)19(18,16-11-7-5-8-12-16)17-13-9-6-10-14-17;17-14(10-6-2-1-3-7-10)13-15(18)11-8-4-5-9-12(11)20-16(13)19;/h1-15H;3-14H,1H2,2H3;1-9,18H;/b;15-4+;;. The minimum absolute atomic E-state index is 0. The summed E-state index contributed by atoms with van der Waals surface area (Å²) < 4.78 is 32.5. The zero-order valence-corrected chi connectivity index (χ0v) is 37.0. The number of allylic oxidation sites excluding steroid dienone is 3. The fourth-order valence-corrected chi connectivity index (χ4v) is 11.9. The molecule has 0 atom stereocenters. The van der Waals surface area contributed by atoms with Gasteiger partial charge >= 0.3 is 5.63 Å². The smallest absolute Gasteiger partial charge is 0.351 e. The van der Waals surface area contributed by atoms with E-state index in [1.807, 2.05) is 165 Å². The number of ketones is 1. The number of hydrogen-bond acceptors (Lipinski definition) is 6. The van der Waals surface area contributed by atoms with Crippen LogP contribution in [0.2, 0.25) is 0 Å². The van der Waals surface area contributed by atoms with E-state index in [4.69, 9.17) is 4.42 Å². The minimum atomic E-state index is -2.79. The number of fused-ring (bicyclic) bond motifs is 1. The largest absolute Gasteiger partial charge is 0.506 e. The van der Waals surface area contributed by atoms with Crippen LogP contribution < -0.4 is 32.1 Å². The van der Waals surface area contributed by atoms with Crippen LogP contribution in [0.1, 0.15) is 22.8 Å². The molecule has 0 aliphatic rings. The van der Waals surface area contributed by atoms with Gasteiger partial charge in [0, 0.05) is 86.8 Å². The van der Waals surface area contributed by atoms with E-state index in [0.717, 1.165) is 31.8 Å². The monoisotopic (exact) mass is 965 g/mol. The number of aromatic hydroxyl groups is 1. The molecule has 0 unspecified atom stereocenters. The maximum Gasteiger partial charge on any atom is 0.351 e. The summed E-state index contributed by atoms with van der Waals surface area (Å²) in [5.74, 6) is -0.895. The summed E-state index contributed by atoms with van der Waals surface area (Å²) in [5.41, 5.74) is -0.602. The van der Waals surface area contributed by atoms with Crippen LogP contribution in [0.5, 0.6) is 5.75 Å². The predicted molar refractivity (Wildman–Crippen MR) is 244 cm³/mol. The van der Waals surface area contributed by atoms with E-state index in [1.165, 1.54) is 0 Å². The predicted octanol–water partition coefficient (Wildman–Crippen LogP) is 10.1. The van der Waals surface area contributed by atoms with Crippen molar-refractivity contribution in [2.24, 2.45) is 0 Å². The molecule has 6 nitrogen and oxygen atoms in total.